The first-order valence-electron chi connectivity index (χ1n) is 5.40. The van der Waals surface area contributed by atoms with Gasteiger partial charge in [0.25, 0.3) is 5.91 Å². The van der Waals surface area contributed by atoms with Gasteiger partial charge in [-0.3, -0.25) is 4.79 Å². The van der Waals surface area contributed by atoms with E-state index >= 15 is 0 Å². The largest absolute Gasteiger partial charge is 0.365 e. The van der Waals surface area contributed by atoms with Crippen LogP contribution in [0.5, 0.6) is 0 Å². The monoisotopic (exact) mass is 311 g/mol. The Kier molecular flexibility index (Phi) is 3.02. The summed E-state index contributed by atoms with van der Waals surface area (Å²) >= 11 is 3.46. The van der Waals surface area contributed by atoms with E-state index < -0.39 is 5.91 Å². The van der Waals surface area contributed by atoms with Crippen LogP contribution in [0.25, 0.3) is 5.82 Å². The highest BCUT2D eigenvalue weighted by atomic mass is 79.9. The van der Waals surface area contributed by atoms with Crippen molar-refractivity contribution in [3.63, 3.8) is 0 Å². The molecule has 18 heavy (non-hydrogen) atoms. The average Bonchev–Trinajstić information content (AvgIpc) is 2.70. The molecule has 0 aliphatic heterocycles. The lowest BCUT2D eigenvalue weighted by molar-refractivity contribution is 0.0999. The summed E-state index contributed by atoms with van der Waals surface area (Å²) in [5.41, 5.74) is 8.17. The summed E-state index contributed by atoms with van der Waals surface area (Å²) in [5.74, 6) is 0.0885. The Bertz CT molecular complexity index is 640. The van der Waals surface area contributed by atoms with Gasteiger partial charge in [0.1, 0.15) is 5.56 Å². The average molecular weight is 312 g/mol. The van der Waals surface area contributed by atoms with E-state index in [-0.39, 0.29) is 0 Å². The van der Waals surface area contributed by atoms with Crippen LogP contribution in [0.3, 0.4) is 0 Å². The number of hydrogen-bond acceptors (Lipinski definition) is 3. The zero-order valence-corrected chi connectivity index (χ0v) is 12.2. The Balaban J connectivity index is 2.78. The molecule has 0 spiro atoms. The molecule has 0 bridgehead atoms. The molecule has 0 aliphatic rings. The first-order chi connectivity index (χ1) is 8.34. The molecule has 0 aromatic carbocycles. The van der Waals surface area contributed by atoms with Gasteiger partial charge < -0.3 is 5.73 Å². The number of rotatable bonds is 2. The maximum Gasteiger partial charge on any atom is 0.254 e. The van der Waals surface area contributed by atoms with E-state index in [4.69, 9.17) is 5.73 Å². The Labute approximate surface area is 113 Å². The van der Waals surface area contributed by atoms with Gasteiger partial charge in [0.2, 0.25) is 0 Å². The molecule has 6 nitrogen and oxygen atoms in total. The van der Waals surface area contributed by atoms with Gasteiger partial charge >= 0.3 is 0 Å². The van der Waals surface area contributed by atoms with Gasteiger partial charge in [0, 0.05) is 7.05 Å². The molecule has 2 rings (SSSR count). The van der Waals surface area contributed by atoms with Crippen LogP contribution in [0.15, 0.2) is 4.47 Å². The molecule has 1 amide bonds. The van der Waals surface area contributed by atoms with Gasteiger partial charge in [-0.05, 0) is 36.7 Å². The lowest BCUT2D eigenvalue weighted by atomic mass is 10.2. The SMILES string of the molecule is Cc1nn(-c2c(C(N)=O)c(C)nn2C)c(C)c1Br. The third-order valence-corrected chi connectivity index (χ3v) is 3.99. The number of halogens is 1. The predicted octanol–water partition coefficient (Wildman–Crippen LogP) is 1.39. The summed E-state index contributed by atoms with van der Waals surface area (Å²) in [5, 5.41) is 8.63. The standard InChI is InChI=1S/C11H14BrN5O/c1-5-8(10(13)18)11(16(4)14-5)17-7(3)9(12)6(2)15-17/h1-4H3,(H2,13,18). The Hall–Kier alpha value is -1.63. The maximum atomic E-state index is 11.5. The van der Waals surface area contributed by atoms with Gasteiger partial charge in [-0.25, -0.2) is 9.36 Å². The molecule has 7 heteroatoms. The summed E-state index contributed by atoms with van der Waals surface area (Å²) < 4.78 is 4.21. The molecule has 0 saturated carbocycles. The van der Waals surface area contributed by atoms with Crippen molar-refractivity contribution in [1.29, 1.82) is 0 Å². The van der Waals surface area contributed by atoms with Crippen molar-refractivity contribution in [2.45, 2.75) is 20.8 Å². The van der Waals surface area contributed by atoms with Crippen LogP contribution in [0.1, 0.15) is 27.4 Å². The fourth-order valence-electron chi connectivity index (χ4n) is 2.01. The van der Waals surface area contributed by atoms with Crippen molar-refractivity contribution >= 4 is 21.8 Å². The van der Waals surface area contributed by atoms with Crippen molar-refractivity contribution in [3.05, 3.63) is 27.1 Å². The van der Waals surface area contributed by atoms with E-state index in [1.807, 2.05) is 13.8 Å². The number of amides is 1. The smallest absolute Gasteiger partial charge is 0.254 e. The van der Waals surface area contributed by atoms with Gasteiger partial charge in [-0.1, -0.05) is 0 Å². The lowest BCUT2D eigenvalue weighted by Gasteiger charge is -2.06. The Morgan fingerprint density at radius 1 is 1.22 bits per heavy atom. The summed E-state index contributed by atoms with van der Waals surface area (Å²) in [6.07, 6.45) is 0. The Morgan fingerprint density at radius 2 is 1.83 bits per heavy atom. The normalized spacial score (nSPS) is 10.9. The van der Waals surface area contributed by atoms with Crippen LogP contribution < -0.4 is 5.73 Å². The van der Waals surface area contributed by atoms with Crippen molar-refractivity contribution < 1.29 is 4.79 Å². The second-order valence-electron chi connectivity index (χ2n) is 4.17. The molecule has 0 aliphatic carbocycles. The van der Waals surface area contributed by atoms with Crippen LogP contribution in [0.2, 0.25) is 0 Å². The maximum absolute atomic E-state index is 11.5. The number of aryl methyl sites for hydroxylation is 3. The second kappa shape index (κ2) is 4.24. The van der Waals surface area contributed by atoms with E-state index in [0.717, 1.165) is 15.9 Å². The molecular formula is C11H14BrN5O. The molecule has 0 saturated heterocycles. The summed E-state index contributed by atoms with van der Waals surface area (Å²) in [4.78, 5) is 11.5. The molecule has 0 radical (unpaired) electrons. The Morgan fingerprint density at radius 3 is 2.28 bits per heavy atom. The van der Waals surface area contributed by atoms with E-state index in [1.54, 1.807) is 23.3 Å². The molecule has 0 atom stereocenters. The molecule has 96 valence electrons. The first kappa shape index (κ1) is 12.8. The van der Waals surface area contributed by atoms with Gasteiger partial charge in [0.05, 0.1) is 21.6 Å². The van der Waals surface area contributed by atoms with Crippen molar-refractivity contribution in [2.75, 3.05) is 0 Å². The van der Waals surface area contributed by atoms with E-state index in [2.05, 4.69) is 26.1 Å². The van der Waals surface area contributed by atoms with E-state index in [1.165, 1.54) is 0 Å². The number of aromatic nitrogens is 4. The minimum atomic E-state index is -0.501. The minimum Gasteiger partial charge on any atom is -0.365 e. The number of hydrogen-bond donors (Lipinski definition) is 1. The number of primary amides is 1. The lowest BCUT2D eigenvalue weighted by Crippen LogP contribution is -2.17. The second-order valence-corrected chi connectivity index (χ2v) is 4.96. The molecule has 2 aromatic rings. The topological polar surface area (TPSA) is 78.7 Å². The number of carbonyl (C=O) groups excluding carboxylic acids is 1. The van der Waals surface area contributed by atoms with Crippen LogP contribution >= 0.6 is 15.9 Å². The van der Waals surface area contributed by atoms with Crippen LogP contribution in [0, 0.1) is 20.8 Å². The quantitative estimate of drug-likeness (QED) is 0.910. The van der Waals surface area contributed by atoms with E-state index in [0.29, 0.717) is 17.1 Å². The first-order valence-corrected chi connectivity index (χ1v) is 6.19. The van der Waals surface area contributed by atoms with Gasteiger partial charge in [-0.15, -0.1) is 0 Å². The highest BCUT2D eigenvalue weighted by Crippen LogP contribution is 2.25. The number of nitrogens with two attached hydrogens (primary N) is 1. The predicted molar refractivity (Wildman–Crippen MR) is 70.8 cm³/mol. The van der Waals surface area contributed by atoms with Crippen molar-refractivity contribution in [1.82, 2.24) is 19.6 Å². The minimum absolute atomic E-state index is 0.399. The van der Waals surface area contributed by atoms with Crippen molar-refractivity contribution in [3.8, 4) is 5.82 Å². The van der Waals surface area contributed by atoms with Crippen LogP contribution in [-0.2, 0) is 7.05 Å². The summed E-state index contributed by atoms with van der Waals surface area (Å²) in [6, 6.07) is 0. The van der Waals surface area contributed by atoms with Crippen LogP contribution in [0.4, 0.5) is 0 Å². The van der Waals surface area contributed by atoms with Gasteiger partial charge in [-0.2, -0.15) is 10.2 Å². The fourth-order valence-corrected chi connectivity index (χ4v) is 2.25. The highest BCUT2D eigenvalue weighted by Gasteiger charge is 2.22. The van der Waals surface area contributed by atoms with Gasteiger partial charge in [0.15, 0.2) is 5.82 Å². The third-order valence-electron chi connectivity index (χ3n) is 2.84. The number of carbonyl (C=O) groups is 1. The third kappa shape index (κ3) is 1.74. The molecule has 0 fully saturated rings. The molecule has 2 heterocycles. The van der Waals surface area contributed by atoms with E-state index in [9.17, 15) is 4.79 Å². The summed E-state index contributed by atoms with van der Waals surface area (Å²) in [7, 11) is 1.76. The van der Waals surface area contributed by atoms with Crippen molar-refractivity contribution in [2.24, 2.45) is 12.8 Å². The zero-order chi connectivity index (χ0) is 13.6. The fraction of sp³-hybridized carbons (Fsp3) is 0.364. The molecule has 2 N–H and O–H groups in total. The molecule has 2 aromatic heterocycles. The molecular weight excluding hydrogens is 298 g/mol. The zero-order valence-electron chi connectivity index (χ0n) is 10.7. The highest BCUT2D eigenvalue weighted by molar-refractivity contribution is 9.10. The number of nitrogens with zero attached hydrogens (tertiary/aromatic N) is 4. The van der Waals surface area contributed by atoms with Crippen LogP contribution in [-0.4, -0.2) is 25.5 Å². The summed E-state index contributed by atoms with van der Waals surface area (Å²) in [6.45, 7) is 5.56. The molecule has 0 unspecified atom stereocenters.